The summed E-state index contributed by atoms with van der Waals surface area (Å²) >= 11 is 5.89. The van der Waals surface area contributed by atoms with Crippen LogP contribution in [0.2, 0.25) is 5.02 Å². The molecule has 0 aromatic heterocycles. The Hall–Kier alpha value is -0.810. The van der Waals surface area contributed by atoms with E-state index < -0.39 is 0 Å². The van der Waals surface area contributed by atoms with Gasteiger partial charge in [0.15, 0.2) is 0 Å². The molecule has 0 unspecified atom stereocenters. The van der Waals surface area contributed by atoms with E-state index >= 15 is 0 Å². The molecule has 1 aliphatic heterocycles. The van der Waals surface area contributed by atoms with Crippen molar-refractivity contribution in [3.8, 4) is 5.75 Å². The highest BCUT2D eigenvalue weighted by molar-refractivity contribution is 6.30. The van der Waals surface area contributed by atoms with E-state index in [1.807, 2.05) is 0 Å². The van der Waals surface area contributed by atoms with Gasteiger partial charge in [-0.1, -0.05) is 11.6 Å². The number of morpholine rings is 1. The first-order valence-corrected chi connectivity index (χ1v) is 6.62. The van der Waals surface area contributed by atoms with Crippen LogP contribution >= 0.6 is 11.6 Å². The van der Waals surface area contributed by atoms with Crippen LogP contribution in [0.1, 0.15) is 5.56 Å². The average molecular weight is 271 g/mol. The summed E-state index contributed by atoms with van der Waals surface area (Å²) in [4.78, 5) is 2.37. The molecular weight excluding hydrogens is 252 g/mol. The summed E-state index contributed by atoms with van der Waals surface area (Å²) in [6.07, 6.45) is 0. The van der Waals surface area contributed by atoms with Crippen LogP contribution < -0.4 is 5.32 Å². The molecule has 1 aromatic carbocycles. The Morgan fingerprint density at radius 2 is 2.11 bits per heavy atom. The second-order valence-corrected chi connectivity index (χ2v) is 4.84. The molecule has 1 aromatic rings. The van der Waals surface area contributed by atoms with Crippen LogP contribution in [-0.4, -0.2) is 49.4 Å². The van der Waals surface area contributed by atoms with Crippen LogP contribution in [0.25, 0.3) is 0 Å². The van der Waals surface area contributed by atoms with Crippen molar-refractivity contribution in [2.45, 2.75) is 6.54 Å². The lowest BCUT2D eigenvalue weighted by Gasteiger charge is -2.26. The number of rotatable bonds is 5. The van der Waals surface area contributed by atoms with Crippen molar-refractivity contribution in [2.75, 3.05) is 39.4 Å². The number of phenolic OH excluding ortho intramolecular Hbond substituents is 1. The Balaban J connectivity index is 1.69. The van der Waals surface area contributed by atoms with E-state index in [1.54, 1.807) is 18.2 Å². The van der Waals surface area contributed by atoms with Gasteiger partial charge in [-0.05, 0) is 18.2 Å². The number of aromatic hydroxyl groups is 1. The van der Waals surface area contributed by atoms with Gasteiger partial charge in [0, 0.05) is 43.3 Å². The van der Waals surface area contributed by atoms with Crippen LogP contribution in [0, 0.1) is 0 Å². The standard InChI is InChI=1S/C13H19ClN2O2/c14-12-1-2-13(17)11(9-12)10-15-3-4-16-5-7-18-8-6-16/h1-2,9,15,17H,3-8,10H2. The number of hydrogen-bond donors (Lipinski definition) is 2. The van der Waals surface area contributed by atoms with Crippen LogP contribution in [-0.2, 0) is 11.3 Å². The maximum Gasteiger partial charge on any atom is 0.120 e. The summed E-state index contributed by atoms with van der Waals surface area (Å²) in [6.45, 7) is 6.20. The van der Waals surface area contributed by atoms with Gasteiger partial charge in [0.25, 0.3) is 0 Å². The van der Waals surface area contributed by atoms with Gasteiger partial charge in [0.05, 0.1) is 13.2 Å². The van der Waals surface area contributed by atoms with Crippen LogP contribution in [0.5, 0.6) is 5.75 Å². The minimum atomic E-state index is 0.290. The molecule has 1 aliphatic rings. The van der Waals surface area contributed by atoms with E-state index in [0.717, 1.165) is 45.0 Å². The van der Waals surface area contributed by atoms with Gasteiger partial charge >= 0.3 is 0 Å². The average Bonchev–Trinajstić information content (AvgIpc) is 2.40. The van der Waals surface area contributed by atoms with Gasteiger partial charge < -0.3 is 15.2 Å². The molecule has 1 saturated heterocycles. The monoisotopic (exact) mass is 270 g/mol. The number of nitrogens with zero attached hydrogens (tertiary/aromatic N) is 1. The summed E-state index contributed by atoms with van der Waals surface area (Å²) in [5, 5.41) is 13.6. The first-order chi connectivity index (χ1) is 8.75. The molecule has 5 heteroatoms. The van der Waals surface area contributed by atoms with Gasteiger partial charge in [-0.15, -0.1) is 0 Å². The van der Waals surface area contributed by atoms with Gasteiger partial charge in [-0.2, -0.15) is 0 Å². The number of ether oxygens (including phenoxy) is 1. The Kier molecular flexibility index (Phi) is 5.26. The summed E-state index contributed by atoms with van der Waals surface area (Å²) in [5.74, 6) is 0.290. The Bertz CT molecular complexity index is 381. The molecule has 1 fully saturated rings. The quantitative estimate of drug-likeness (QED) is 0.796. The van der Waals surface area contributed by atoms with Gasteiger partial charge in [-0.25, -0.2) is 0 Å². The fourth-order valence-electron chi connectivity index (χ4n) is 1.98. The third kappa shape index (κ3) is 4.14. The summed E-state index contributed by atoms with van der Waals surface area (Å²) in [6, 6.07) is 5.11. The fourth-order valence-corrected chi connectivity index (χ4v) is 2.18. The highest BCUT2D eigenvalue weighted by atomic mass is 35.5. The van der Waals surface area contributed by atoms with Crippen LogP contribution in [0.3, 0.4) is 0 Å². The molecule has 0 spiro atoms. The largest absolute Gasteiger partial charge is 0.508 e. The van der Waals surface area contributed by atoms with Crippen molar-refractivity contribution < 1.29 is 9.84 Å². The Morgan fingerprint density at radius 1 is 1.33 bits per heavy atom. The molecule has 18 heavy (non-hydrogen) atoms. The van der Waals surface area contributed by atoms with Gasteiger partial charge in [0.2, 0.25) is 0 Å². The summed E-state index contributed by atoms with van der Waals surface area (Å²) in [7, 11) is 0. The van der Waals surface area contributed by atoms with E-state index in [0.29, 0.717) is 17.3 Å². The van der Waals surface area contributed by atoms with Crippen molar-refractivity contribution in [2.24, 2.45) is 0 Å². The highest BCUT2D eigenvalue weighted by Gasteiger charge is 2.09. The molecule has 1 heterocycles. The zero-order chi connectivity index (χ0) is 12.8. The van der Waals surface area contributed by atoms with E-state index in [1.165, 1.54) is 0 Å². The molecule has 0 bridgehead atoms. The number of halogens is 1. The lowest BCUT2D eigenvalue weighted by atomic mass is 10.2. The third-order valence-electron chi connectivity index (χ3n) is 3.07. The maximum absolute atomic E-state index is 9.66. The molecule has 0 atom stereocenters. The lowest BCUT2D eigenvalue weighted by Crippen LogP contribution is -2.40. The smallest absolute Gasteiger partial charge is 0.120 e. The number of phenols is 1. The fraction of sp³-hybridized carbons (Fsp3) is 0.538. The zero-order valence-corrected chi connectivity index (χ0v) is 11.1. The van der Waals surface area contributed by atoms with Crippen molar-refractivity contribution in [3.05, 3.63) is 28.8 Å². The summed E-state index contributed by atoms with van der Waals surface area (Å²) in [5.41, 5.74) is 0.837. The second kappa shape index (κ2) is 6.95. The lowest BCUT2D eigenvalue weighted by molar-refractivity contribution is 0.0384. The van der Waals surface area contributed by atoms with E-state index in [2.05, 4.69) is 10.2 Å². The zero-order valence-electron chi connectivity index (χ0n) is 10.4. The molecule has 0 aliphatic carbocycles. The van der Waals surface area contributed by atoms with Crippen molar-refractivity contribution in [1.29, 1.82) is 0 Å². The molecule has 100 valence electrons. The van der Waals surface area contributed by atoms with Crippen LogP contribution in [0.15, 0.2) is 18.2 Å². The molecule has 0 radical (unpaired) electrons. The highest BCUT2D eigenvalue weighted by Crippen LogP contribution is 2.20. The van der Waals surface area contributed by atoms with Crippen molar-refractivity contribution >= 4 is 11.6 Å². The molecule has 0 saturated carbocycles. The maximum atomic E-state index is 9.66. The van der Waals surface area contributed by atoms with Crippen LogP contribution in [0.4, 0.5) is 0 Å². The molecular formula is C13H19ClN2O2. The van der Waals surface area contributed by atoms with Gasteiger partial charge in [-0.3, -0.25) is 4.90 Å². The van der Waals surface area contributed by atoms with Gasteiger partial charge in [0.1, 0.15) is 5.75 Å². The Labute approximate surface area is 113 Å². The molecule has 0 amide bonds. The topological polar surface area (TPSA) is 44.7 Å². The number of nitrogens with one attached hydrogen (secondary N) is 1. The molecule has 2 N–H and O–H groups in total. The number of benzene rings is 1. The van der Waals surface area contributed by atoms with E-state index in [9.17, 15) is 5.11 Å². The summed E-state index contributed by atoms with van der Waals surface area (Å²) < 4.78 is 5.29. The van der Waals surface area contributed by atoms with E-state index in [-0.39, 0.29) is 0 Å². The van der Waals surface area contributed by atoms with Crippen molar-refractivity contribution in [1.82, 2.24) is 10.2 Å². The van der Waals surface area contributed by atoms with E-state index in [4.69, 9.17) is 16.3 Å². The predicted octanol–water partition coefficient (Wildman–Crippen LogP) is 1.47. The minimum Gasteiger partial charge on any atom is -0.508 e. The normalized spacial score (nSPS) is 16.9. The Morgan fingerprint density at radius 3 is 2.89 bits per heavy atom. The number of hydrogen-bond acceptors (Lipinski definition) is 4. The van der Waals surface area contributed by atoms with Crippen molar-refractivity contribution in [3.63, 3.8) is 0 Å². The molecule has 2 rings (SSSR count). The minimum absolute atomic E-state index is 0.290. The predicted molar refractivity (Wildman–Crippen MR) is 72.1 cm³/mol. The first-order valence-electron chi connectivity index (χ1n) is 6.24. The molecule has 4 nitrogen and oxygen atoms in total. The second-order valence-electron chi connectivity index (χ2n) is 4.40. The first kappa shape index (κ1) is 13.6. The third-order valence-corrected chi connectivity index (χ3v) is 3.30. The SMILES string of the molecule is Oc1ccc(Cl)cc1CNCCN1CCOCC1.